The SMILES string of the molecule is CCCC[C@H](Nc1nccc(C(N)=O)c1[N+](=O)[O-])C(=O)O. The zero-order chi connectivity index (χ0) is 16.0. The zero-order valence-corrected chi connectivity index (χ0v) is 11.4. The van der Waals surface area contributed by atoms with Gasteiger partial charge in [-0.25, -0.2) is 9.78 Å². The molecule has 1 heterocycles. The van der Waals surface area contributed by atoms with E-state index < -0.39 is 28.5 Å². The fourth-order valence-electron chi connectivity index (χ4n) is 1.77. The lowest BCUT2D eigenvalue weighted by atomic mass is 10.1. The number of amides is 1. The van der Waals surface area contributed by atoms with Gasteiger partial charge in [-0.2, -0.15) is 0 Å². The van der Waals surface area contributed by atoms with E-state index in [9.17, 15) is 19.7 Å². The number of nitrogens with two attached hydrogens (primary N) is 1. The molecule has 0 aliphatic rings. The van der Waals surface area contributed by atoms with Gasteiger partial charge in [-0.05, 0) is 12.5 Å². The largest absolute Gasteiger partial charge is 0.480 e. The third-order valence-electron chi connectivity index (χ3n) is 2.83. The van der Waals surface area contributed by atoms with Crippen LogP contribution in [0, 0.1) is 10.1 Å². The molecule has 0 spiro atoms. The number of nitro groups is 1. The summed E-state index contributed by atoms with van der Waals surface area (Å²) in [6, 6.07) is 0.0901. The van der Waals surface area contributed by atoms with Gasteiger partial charge in [0.25, 0.3) is 5.91 Å². The molecule has 9 nitrogen and oxygen atoms in total. The van der Waals surface area contributed by atoms with Crippen LogP contribution in [0.5, 0.6) is 0 Å². The van der Waals surface area contributed by atoms with Gasteiger partial charge in [-0.3, -0.25) is 14.9 Å². The van der Waals surface area contributed by atoms with Gasteiger partial charge in [-0.15, -0.1) is 0 Å². The van der Waals surface area contributed by atoms with Gasteiger partial charge in [0.15, 0.2) is 0 Å². The molecule has 0 radical (unpaired) electrons. The molecule has 0 fully saturated rings. The van der Waals surface area contributed by atoms with E-state index in [1.807, 2.05) is 6.92 Å². The first kappa shape index (κ1) is 16.3. The standard InChI is InChI=1S/C12H16N4O5/c1-2-3-4-8(12(18)19)15-11-9(16(20)21)7(10(13)17)5-6-14-11/h5-6,8H,2-4H2,1H3,(H2,13,17)(H,14,15)(H,18,19)/t8-/m0/s1. The molecule has 0 saturated carbocycles. The summed E-state index contributed by atoms with van der Waals surface area (Å²) in [6.45, 7) is 1.90. The van der Waals surface area contributed by atoms with Crippen molar-refractivity contribution in [1.29, 1.82) is 0 Å². The van der Waals surface area contributed by atoms with Gasteiger partial charge in [-0.1, -0.05) is 19.8 Å². The highest BCUT2D eigenvalue weighted by Crippen LogP contribution is 2.27. The summed E-state index contributed by atoms with van der Waals surface area (Å²) in [6.07, 6.45) is 2.86. The molecule has 9 heteroatoms. The van der Waals surface area contributed by atoms with Gasteiger partial charge in [0, 0.05) is 6.20 Å². The van der Waals surface area contributed by atoms with E-state index in [4.69, 9.17) is 10.8 Å². The molecule has 0 unspecified atom stereocenters. The first-order chi connectivity index (χ1) is 9.88. The Labute approximate surface area is 120 Å². The van der Waals surface area contributed by atoms with Crippen LogP contribution in [0.4, 0.5) is 11.5 Å². The van der Waals surface area contributed by atoms with Crippen LogP contribution in [0.1, 0.15) is 36.5 Å². The minimum absolute atomic E-state index is 0.278. The Morgan fingerprint density at radius 1 is 1.57 bits per heavy atom. The van der Waals surface area contributed by atoms with Crippen LogP contribution >= 0.6 is 0 Å². The first-order valence-electron chi connectivity index (χ1n) is 6.31. The third kappa shape index (κ3) is 4.13. The second kappa shape index (κ2) is 7.17. The van der Waals surface area contributed by atoms with Crippen LogP contribution in [0.3, 0.4) is 0 Å². The number of carbonyl (C=O) groups is 2. The van der Waals surface area contributed by atoms with Crippen LogP contribution in [0.15, 0.2) is 12.3 Å². The molecule has 4 N–H and O–H groups in total. The van der Waals surface area contributed by atoms with E-state index in [-0.39, 0.29) is 17.8 Å². The fourth-order valence-corrected chi connectivity index (χ4v) is 1.77. The quantitative estimate of drug-likeness (QED) is 0.481. The van der Waals surface area contributed by atoms with Crippen molar-refractivity contribution in [2.45, 2.75) is 32.2 Å². The molecule has 1 atom stereocenters. The highest BCUT2D eigenvalue weighted by atomic mass is 16.6. The summed E-state index contributed by atoms with van der Waals surface area (Å²) in [4.78, 5) is 36.4. The van der Waals surface area contributed by atoms with Crippen molar-refractivity contribution in [3.8, 4) is 0 Å². The highest BCUT2D eigenvalue weighted by Gasteiger charge is 2.27. The Hall–Kier alpha value is -2.71. The van der Waals surface area contributed by atoms with Crippen molar-refractivity contribution in [2.75, 3.05) is 5.32 Å². The minimum atomic E-state index is -1.15. The number of aliphatic carboxylic acids is 1. The highest BCUT2D eigenvalue weighted by molar-refractivity contribution is 5.99. The zero-order valence-electron chi connectivity index (χ0n) is 11.4. The molecule has 0 aliphatic carbocycles. The summed E-state index contributed by atoms with van der Waals surface area (Å²) in [5.74, 6) is -2.41. The van der Waals surface area contributed by atoms with E-state index in [2.05, 4.69) is 10.3 Å². The number of pyridine rings is 1. The van der Waals surface area contributed by atoms with Gasteiger partial charge < -0.3 is 16.2 Å². The first-order valence-corrected chi connectivity index (χ1v) is 6.31. The van der Waals surface area contributed by atoms with E-state index in [1.54, 1.807) is 0 Å². The molecule has 114 valence electrons. The van der Waals surface area contributed by atoms with Gasteiger partial charge in [0.2, 0.25) is 5.82 Å². The second-order valence-electron chi connectivity index (χ2n) is 4.35. The Morgan fingerprint density at radius 2 is 2.24 bits per heavy atom. The number of carboxylic acids is 1. The Balaban J connectivity index is 3.17. The van der Waals surface area contributed by atoms with Crippen molar-refractivity contribution in [3.05, 3.63) is 27.9 Å². The molecule has 1 aromatic rings. The number of carbonyl (C=O) groups excluding carboxylic acids is 1. The maximum Gasteiger partial charge on any atom is 0.326 e. The Kier molecular flexibility index (Phi) is 5.58. The summed E-state index contributed by atoms with van der Waals surface area (Å²) in [7, 11) is 0. The molecule has 0 saturated heterocycles. The molecular weight excluding hydrogens is 280 g/mol. The molecule has 0 aromatic carbocycles. The predicted octanol–water partition coefficient (Wildman–Crippen LogP) is 1.14. The average Bonchev–Trinajstić information content (AvgIpc) is 2.42. The molecule has 1 amide bonds. The number of hydrogen-bond acceptors (Lipinski definition) is 6. The molecule has 0 bridgehead atoms. The number of nitrogens with zero attached hydrogens (tertiary/aromatic N) is 2. The Morgan fingerprint density at radius 3 is 2.71 bits per heavy atom. The van der Waals surface area contributed by atoms with E-state index in [0.29, 0.717) is 6.42 Å². The maximum atomic E-state index is 11.2. The van der Waals surface area contributed by atoms with Crippen molar-refractivity contribution in [3.63, 3.8) is 0 Å². The van der Waals surface area contributed by atoms with Crippen LogP contribution < -0.4 is 11.1 Å². The summed E-state index contributed by atoms with van der Waals surface area (Å²) < 4.78 is 0. The van der Waals surface area contributed by atoms with E-state index >= 15 is 0 Å². The third-order valence-corrected chi connectivity index (χ3v) is 2.83. The number of anilines is 1. The summed E-state index contributed by atoms with van der Waals surface area (Å²) in [5.41, 5.74) is 4.14. The van der Waals surface area contributed by atoms with Crippen molar-refractivity contribution in [2.24, 2.45) is 5.73 Å². The number of primary amides is 1. The monoisotopic (exact) mass is 296 g/mol. The van der Waals surface area contributed by atoms with E-state index in [0.717, 1.165) is 18.7 Å². The topological polar surface area (TPSA) is 148 Å². The number of hydrogen-bond donors (Lipinski definition) is 3. The maximum absolute atomic E-state index is 11.2. The van der Waals surface area contributed by atoms with Crippen LogP contribution in [-0.4, -0.2) is 32.9 Å². The van der Waals surface area contributed by atoms with Crippen molar-refractivity contribution in [1.82, 2.24) is 4.98 Å². The minimum Gasteiger partial charge on any atom is -0.480 e. The lowest BCUT2D eigenvalue weighted by Crippen LogP contribution is -2.30. The lowest BCUT2D eigenvalue weighted by molar-refractivity contribution is -0.384. The number of unbranched alkanes of at least 4 members (excludes halogenated alkanes) is 1. The lowest BCUT2D eigenvalue weighted by Gasteiger charge is -2.15. The summed E-state index contributed by atoms with van der Waals surface area (Å²) >= 11 is 0. The molecule has 21 heavy (non-hydrogen) atoms. The van der Waals surface area contributed by atoms with Crippen LogP contribution in [0.25, 0.3) is 0 Å². The number of rotatable bonds is 8. The predicted molar refractivity (Wildman–Crippen MR) is 74.0 cm³/mol. The van der Waals surface area contributed by atoms with Gasteiger partial charge in [0.05, 0.1) is 4.92 Å². The smallest absolute Gasteiger partial charge is 0.326 e. The van der Waals surface area contributed by atoms with Crippen molar-refractivity contribution >= 4 is 23.4 Å². The number of nitrogens with one attached hydrogen (secondary N) is 1. The van der Waals surface area contributed by atoms with Gasteiger partial charge in [0.1, 0.15) is 11.6 Å². The summed E-state index contributed by atoms with van der Waals surface area (Å²) in [5, 5.41) is 22.7. The van der Waals surface area contributed by atoms with Crippen LogP contribution in [-0.2, 0) is 4.79 Å². The molecular formula is C12H16N4O5. The molecule has 1 rings (SSSR count). The number of carboxylic acid groups (broad SMARTS) is 1. The fraction of sp³-hybridized carbons (Fsp3) is 0.417. The van der Waals surface area contributed by atoms with E-state index in [1.165, 1.54) is 0 Å². The normalized spacial score (nSPS) is 11.7. The number of aromatic nitrogens is 1. The van der Waals surface area contributed by atoms with Gasteiger partial charge >= 0.3 is 11.7 Å². The van der Waals surface area contributed by atoms with Crippen LogP contribution in [0.2, 0.25) is 0 Å². The molecule has 0 aliphatic heterocycles. The Bertz CT molecular complexity index is 561. The average molecular weight is 296 g/mol. The second-order valence-corrected chi connectivity index (χ2v) is 4.35. The molecule has 1 aromatic heterocycles. The van der Waals surface area contributed by atoms with Crippen molar-refractivity contribution < 1.29 is 19.6 Å².